The summed E-state index contributed by atoms with van der Waals surface area (Å²) in [5, 5.41) is 7.65. The van der Waals surface area contributed by atoms with E-state index in [0.29, 0.717) is 19.8 Å². The maximum atomic E-state index is 12.5. The maximum absolute atomic E-state index is 12.5. The molecule has 0 saturated carbocycles. The van der Waals surface area contributed by atoms with Crippen LogP contribution in [-0.2, 0) is 13.2 Å². The zero-order valence-electron chi connectivity index (χ0n) is 21.6. The van der Waals surface area contributed by atoms with E-state index in [1.165, 1.54) is 32.4 Å². The number of piperidine rings is 1. The minimum absolute atomic E-state index is 0.285. The summed E-state index contributed by atoms with van der Waals surface area (Å²) >= 11 is 0. The number of ether oxygens (including phenoxy) is 2. The van der Waals surface area contributed by atoms with E-state index in [4.69, 9.17) is 9.47 Å². The molecule has 0 spiro atoms. The first-order valence-electron chi connectivity index (χ1n) is 13.3. The minimum Gasteiger partial charge on any atom is -0.492 e. The third-order valence-electron chi connectivity index (χ3n) is 6.73. The Hall–Kier alpha value is -4.10. The Morgan fingerprint density at radius 1 is 0.842 bits per heavy atom. The van der Waals surface area contributed by atoms with E-state index in [9.17, 15) is 4.79 Å². The van der Waals surface area contributed by atoms with Crippen molar-refractivity contribution in [2.24, 2.45) is 0 Å². The monoisotopic (exact) mass is 510 g/mol. The fourth-order valence-corrected chi connectivity index (χ4v) is 4.66. The number of urea groups is 1. The van der Waals surface area contributed by atoms with E-state index >= 15 is 0 Å². The van der Waals surface area contributed by atoms with Crippen molar-refractivity contribution in [2.75, 3.05) is 31.6 Å². The molecule has 2 N–H and O–H groups in total. The van der Waals surface area contributed by atoms with Crippen molar-refractivity contribution in [1.82, 2.24) is 15.2 Å². The number of fused-ring (bicyclic) bond motifs is 1. The van der Waals surface area contributed by atoms with E-state index in [0.717, 1.165) is 45.8 Å². The van der Waals surface area contributed by atoms with Crippen molar-refractivity contribution < 1.29 is 14.3 Å². The average Bonchev–Trinajstić information content (AvgIpc) is 2.97. The molecule has 1 aliphatic heterocycles. The third-order valence-corrected chi connectivity index (χ3v) is 6.73. The number of carbonyl (C=O) groups excluding carboxylic acids is 1. The number of pyridine rings is 1. The average molecular weight is 511 g/mol. The number of anilines is 1. The number of likely N-dealkylation sites (tertiary alicyclic amines) is 1. The highest BCUT2D eigenvalue weighted by molar-refractivity contribution is 6.03. The van der Waals surface area contributed by atoms with Gasteiger partial charge in [-0.15, -0.1) is 0 Å². The number of nitrogens with zero attached hydrogens (tertiary/aromatic N) is 2. The lowest BCUT2D eigenvalue weighted by atomic mass is 10.1. The molecule has 5 rings (SSSR count). The second kappa shape index (κ2) is 12.9. The zero-order chi connectivity index (χ0) is 26.0. The Morgan fingerprint density at radius 2 is 1.63 bits per heavy atom. The molecule has 2 amide bonds. The molecule has 1 fully saturated rings. The highest BCUT2D eigenvalue weighted by atomic mass is 16.5. The van der Waals surface area contributed by atoms with Crippen molar-refractivity contribution in [3.63, 3.8) is 0 Å². The number of amides is 2. The van der Waals surface area contributed by atoms with Gasteiger partial charge in [0.05, 0.1) is 17.9 Å². The molecule has 3 aromatic carbocycles. The van der Waals surface area contributed by atoms with Gasteiger partial charge in [0.15, 0.2) is 0 Å². The predicted octanol–water partition coefficient (Wildman–Crippen LogP) is 6.00. The first-order chi connectivity index (χ1) is 18.7. The number of hydrogen-bond acceptors (Lipinski definition) is 5. The molecule has 1 aromatic heterocycles. The summed E-state index contributed by atoms with van der Waals surface area (Å²) < 4.78 is 12.1. The Labute approximate surface area is 223 Å². The molecule has 0 aliphatic carbocycles. The highest BCUT2D eigenvalue weighted by Gasteiger charge is 2.11. The maximum Gasteiger partial charge on any atom is 0.319 e. The van der Waals surface area contributed by atoms with Gasteiger partial charge in [0.2, 0.25) is 0 Å². The smallest absolute Gasteiger partial charge is 0.319 e. The summed E-state index contributed by atoms with van der Waals surface area (Å²) in [6.07, 6.45) is 5.65. The fraction of sp³-hybridized carbons (Fsp3) is 0.290. The molecule has 2 heterocycles. The first kappa shape index (κ1) is 25.5. The van der Waals surface area contributed by atoms with Gasteiger partial charge in [0.1, 0.15) is 24.7 Å². The fourth-order valence-electron chi connectivity index (χ4n) is 4.66. The van der Waals surface area contributed by atoms with Crippen LogP contribution in [0.4, 0.5) is 10.5 Å². The lowest BCUT2D eigenvalue weighted by Gasteiger charge is -2.26. The topological polar surface area (TPSA) is 75.7 Å². The van der Waals surface area contributed by atoms with Crippen LogP contribution in [0.25, 0.3) is 10.8 Å². The number of nitrogens with one attached hydrogen (secondary N) is 2. The van der Waals surface area contributed by atoms with Crippen molar-refractivity contribution in [1.29, 1.82) is 0 Å². The Balaban J connectivity index is 1.15. The van der Waals surface area contributed by atoms with Crippen LogP contribution in [0, 0.1) is 0 Å². The lowest BCUT2D eigenvalue weighted by Crippen LogP contribution is -2.33. The Kier molecular flexibility index (Phi) is 8.69. The second-order valence-corrected chi connectivity index (χ2v) is 9.47. The van der Waals surface area contributed by atoms with E-state index in [2.05, 4.69) is 20.5 Å². The van der Waals surface area contributed by atoms with Crippen LogP contribution in [-0.4, -0.2) is 42.2 Å². The molecule has 1 aliphatic rings. The minimum atomic E-state index is -0.285. The predicted molar refractivity (Wildman–Crippen MR) is 151 cm³/mol. The summed E-state index contributed by atoms with van der Waals surface area (Å²) in [6, 6.07) is 25.1. The van der Waals surface area contributed by atoms with Crippen LogP contribution in [0.3, 0.4) is 0 Å². The van der Waals surface area contributed by atoms with Gasteiger partial charge in [-0.3, -0.25) is 9.88 Å². The molecule has 0 unspecified atom stereocenters. The van der Waals surface area contributed by atoms with Gasteiger partial charge in [-0.2, -0.15) is 0 Å². The van der Waals surface area contributed by atoms with E-state index in [1.54, 1.807) is 6.20 Å². The van der Waals surface area contributed by atoms with Gasteiger partial charge in [-0.05, 0) is 67.9 Å². The normalized spacial score (nSPS) is 13.7. The molecule has 4 aromatic rings. The molecule has 0 bridgehead atoms. The highest BCUT2D eigenvalue weighted by Crippen LogP contribution is 2.32. The molecule has 38 heavy (non-hydrogen) atoms. The molecule has 7 nitrogen and oxygen atoms in total. The summed E-state index contributed by atoms with van der Waals surface area (Å²) in [4.78, 5) is 19.2. The molecule has 1 saturated heterocycles. The van der Waals surface area contributed by atoms with Gasteiger partial charge >= 0.3 is 6.03 Å². The molecule has 196 valence electrons. The van der Waals surface area contributed by atoms with Crippen LogP contribution < -0.4 is 20.1 Å². The van der Waals surface area contributed by atoms with E-state index in [1.807, 2.05) is 78.9 Å². The standard InChI is InChI=1S/C31H34N4O3/c36-31(33-22-25-8-4-5-17-32-25)34-29-15-16-30(28-10-3-2-9-27(28)29)38-23-24-11-13-26(14-12-24)37-21-20-35-18-6-1-7-19-35/h2-5,8-17H,1,6-7,18-23H2,(H2,33,34,36). The molecule has 7 heteroatoms. The van der Waals surface area contributed by atoms with Crippen molar-refractivity contribution >= 4 is 22.5 Å². The van der Waals surface area contributed by atoms with Crippen LogP contribution in [0.15, 0.2) is 85.1 Å². The third kappa shape index (κ3) is 7.01. The van der Waals surface area contributed by atoms with Crippen molar-refractivity contribution in [3.05, 3.63) is 96.3 Å². The SMILES string of the molecule is O=C(NCc1ccccn1)Nc1ccc(OCc2ccc(OCCN3CCCCC3)cc2)c2ccccc12. The Bertz CT molecular complexity index is 1320. The van der Waals surface area contributed by atoms with Crippen LogP contribution >= 0.6 is 0 Å². The van der Waals surface area contributed by atoms with E-state index < -0.39 is 0 Å². The zero-order valence-corrected chi connectivity index (χ0v) is 21.6. The van der Waals surface area contributed by atoms with Gasteiger partial charge in [0.25, 0.3) is 0 Å². The molecule has 0 radical (unpaired) electrons. The Morgan fingerprint density at radius 3 is 2.42 bits per heavy atom. The van der Waals surface area contributed by atoms with Crippen LogP contribution in [0.2, 0.25) is 0 Å². The van der Waals surface area contributed by atoms with E-state index in [-0.39, 0.29) is 6.03 Å². The summed E-state index contributed by atoms with van der Waals surface area (Å²) in [6.45, 7) is 4.86. The van der Waals surface area contributed by atoms with Crippen LogP contribution in [0.1, 0.15) is 30.5 Å². The summed E-state index contributed by atoms with van der Waals surface area (Å²) in [5.41, 5.74) is 2.58. The molecule has 0 atom stereocenters. The van der Waals surface area contributed by atoms with Crippen molar-refractivity contribution in [2.45, 2.75) is 32.4 Å². The lowest BCUT2D eigenvalue weighted by molar-refractivity contribution is 0.183. The molecular weight excluding hydrogens is 476 g/mol. The van der Waals surface area contributed by atoms with Crippen LogP contribution in [0.5, 0.6) is 11.5 Å². The van der Waals surface area contributed by atoms with Gasteiger partial charge in [-0.25, -0.2) is 4.79 Å². The number of aromatic nitrogens is 1. The summed E-state index contributed by atoms with van der Waals surface area (Å²) in [5.74, 6) is 1.65. The van der Waals surface area contributed by atoms with Gasteiger partial charge in [-0.1, -0.05) is 48.9 Å². The van der Waals surface area contributed by atoms with Crippen molar-refractivity contribution in [3.8, 4) is 11.5 Å². The summed E-state index contributed by atoms with van der Waals surface area (Å²) in [7, 11) is 0. The number of rotatable bonds is 10. The quantitative estimate of drug-likeness (QED) is 0.274. The molecular formula is C31H34N4O3. The second-order valence-electron chi connectivity index (χ2n) is 9.47. The largest absolute Gasteiger partial charge is 0.492 e. The number of carbonyl (C=O) groups is 1. The van der Waals surface area contributed by atoms with Gasteiger partial charge < -0.3 is 20.1 Å². The number of hydrogen-bond donors (Lipinski definition) is 2. The first-order valence-corrected chi connectivity index (χ1v) is 13.3. The number of benzene rings is 3. The van der Waals surface area contributed by atoms with Gasteiger partial charge in [0, 0.05) is 23.5 Å².